The Labute approximate surface area is 171 Å². The predicted octanol–water partition coefficient (Wildman–Crippen LogP) is 1.77. The van der Waals surface area contributed by atoms with Crippen LogP contribution in [0.4, 0.5) is 11.4 Å². The lowest BCUT2D eigenvalue weighted by molar-refractivity contribution is -0.123. The van der Waals surface area contributed by atoms with Crippen molar-refractivity contribution in [3.05, 3.63) is 23.8 Å². The Morgan fingerprint density at radius 3 is 2.31 bits per heavy atom. The molecule has 0 unspecified atom stereocenters. The third-order valence-electron chi connectivity index (χ3n) is 5.06. The van der Waals surface area contributed by atoms with Crippen molar-refractivity contribution in [1.29, 1.82) is 0 Å². The molecule has 158 valence electrons. The van der Waals surface area contributed by atoms with Gasteiger partial charge in [0.1, 0.15) is 0 Å². The summed E-state index contributed by atoms with van der Waals surface area (Å²) < 4.78 is 0. The standard InChI is InChI=1S/C21H30N4O4/c1-21(2,3)23-18(26)13-24-8-10-25(11-9-24)15-6-7-17(16(12-15)20(28)29)22-19(27)14-4-5-14/h6-7,12,14H,4-5,8-11,13H2,1-3H3,(H,22,27)(H,23,26)(H,28,29). The van der Waals surface area contributed by atoms with E-state index >= 15 is 0 Å². The van der Waals surface area contributed by atoms with Crippen LogP contribution in [0.2, 0.25) is 0 Å². The Morgan fingerprint density at radius 1 is 1.10 bits per heavy atom. The number of hydrogen-bond acceptors (Lipinski definition) is 5. The first-order valence-electron chi connectivity index (χ1n) is 10.1. The number of carbonyl (C=O) groups excluding carboxylic acids is 2. The molecule has 8 heteroatoms. The molecule has 0 aromatic heterocycles. The third-order valence-corrected chi connectivity index (χ3v) is 5.06. The second-order valence-corrected chi connectivity index (χ2v) is 8.86. The molecule has 1 saturated carbocycles. The fourth-order valence-electron chi connectivity index (χ4n) is 3.42. The number of nitrogens with zero attached hydrogens (tertiary/aromatic N) is 2. The van der Waals surface area contributed by atoms with E-state index in [1.807, 2.05) is 26.8 Å². The number of anilines is 2. The van der Waals surface area contributed by atoms with Crippen molar-refractivity contribution in [1.82, 2.24) is 10.2 Å². The minimum Gasteiger partial charge on any atom is -0.478 e. The number of amides is 2. The largest absolute Gasteiger partial charge is 0.478 e. The predicted molar refractivity (Wildman–Crippen MR) is 111 cm³/mol. The number of aromatic carboxylic acids is 1. The van der Waals surface area contributed by atoms with Gasteiger partial charge in [0.25, 0.3) is 0 Å². The van der Waals surface area contributed by atoms with Gasteiger partial charge in [-0.1, -0.05) is 0 Å². The molecule has 2 fully saturated rings. The summed E-state index contributed by atoms with van der Waals surface area (Å²) in [6, 6.07) is 5.13. The van der Waals surface area contributed by atoms with Crippen LogP contribution in [-0.2, 0) is 9.59 Å². The SMILES string of the molecule is CC(C)(C)NC(=O)CN1CCN(c2ccc(NC(=O)C3CC3)c(C(=O)O)c2)CC1. The lowest BCUT2D eigenvalue weighted by atomic mass is 10.1. The number of hydrogen-bond donors (Lipinski definition) is 3. The van der Waals surface area contributed by atoms with Crippen molar-refractivity contribution in [3.8, 4) is 0 Å². The lowest BCUT2D eigenvalue weighted by Gasteiger charge is -2.36. The van der Waals surface area contributed by atoms with E-state index < -0.39 is 5.97 Å². The second-order valence-electron chi connectivity index (χ2n) is 8.86. The molecule has 29 heavy (non-hydrogen) atoms. The van der Waals surface area contributed by atoms with Gasteiger partial charge < -0.3 is 20.6 Å². The summed E-state index contributed by atoms with van der Waals surface area (Å²) in [5.74, 6) is -1.15. The van der Waals surface area contributed by atoms with Crippen molar-refractivity contribution in [3.63, 3.8) is 0 Å². The van der Waals surface area contributed by atoms with Crippen LogP contribution < -0.4 is 15.5 Å². The number of piperazine rings is 1. The summed E-state index contributed by atoms with van der Waals surface area (Å²) in [6.07, 6.45) is 1.73. The minimum atomic E-state index is -1.06. The first-order valence-corrected chi connectivity index (χ1v) is 10.1. The van der Waals surface area contributed by atoms with E-state index in [0.717, 1.165) is 31.6 Å². The second kappa shape index (κ2) is 8.41. The maximum atomic E-state index is 12.1. The zero-order valence-corrected chi connectivity index (χ0v) is 17.3. The Hall–Kier alpha value is -2.61. The van der Waals surface area contributed by atoms with Gasteiger partial charge in [-0.25, -0.2) is 4.79 Å². The highest BCUT2D eigenvalue weighted by atomic mass is 16.4. The van der Waals surface area contributed by atoms with Crippen molar-refractivity contribution in [2.24, 2.45) is 5.92 Å². The molecule has 8 nitrogen and oxygen atoms in total. The number of rotatable bonds is 6. The van der Waals surface area contributed by atoms with Crippen molar-refractivity contribution >= 4 is 29.2 Å². The Balaban J connectivity index is 1.60. The molecule has 0 atom stereocenters. The third kappa shape index (κ3) is 5.93. The molecule has 3 N–H and O–H groups in total. The molecule has 0 radical (unpaired) electrons. The highest BCUT2D eigenvalue weighted by Crippen LogP contribution is 2.31. The van der Waals surface area contributed by atoms with Gasteiger partial charge >= 0.3 is 5.97 Å². The molecular weight excluding hydrogens is 372 g/mol. The fraction of sp³-hybridized carbons (Fsp3) is 0.571. The van der Waals surface area contributed by atoms with Crippen LogP contribution in [0.15, 0.2) is 18.2 Å². The van der Waals surface area contributed by atoms with Crippen LogP contribution in [-0.4, -0.2) is 66.1 Å². The maximum absolute atomic E-state index is 12.1. The van der Waals surface area contributed by atoms with Crippen LogP contribution >= 0.6 is 0 Å². The van der Waals surface area contributed by atoms with Gasteiger partial charge in [-0.2, -0.15) is 0 Å². The molecular formula is C21H30N4O4. The van der Waals surface area contributed by atoms with Crippen molar-refractivity contribution in [2.75, 3.05) is 42.9 Å². The zero-order chi connectivity index (χ0) is 21.2. The molecule has 1 aliphatic carbocycles. The summed E-state index contributed by atoms with van der Waals surface area (Å²) in [4.78, 5) is 40.0. The number of carboxylic acids is 1. The molecule has 3 rings (SSSR count). The Morgan fingerprint density at radius 2 is 1.76 bits per heavy atom. The van der Waals surface area contributed by atoms with E-state index in [0.29, 0.717) is 25.3 Å². The zero-order valence-electron chi connectivity index (χ0n) is 17.3. The summed E-state index contributed by atoms with van der Waals surface area (Å²) in [5, 5.41) is 15.3. The van der Waals surface area contributed by atoms with Gasteiger partial charge in [-0.05, 0) is 51.8 Å². The van der Waals surface area contributed by atoms with E-state index in [1.165, 1.54) is 0 Å². The van der Waals surface area contributed by atoms with Crippen LogP contribution in [0.1, 0.15) is 44.0 Å². The smallest absolute Gasteiger partial charge is 0.337 e. The molecule has 1 aromatic carbocycles. The molecule has 2 amide bonds. The van der Waals surface area contributed by atoms with Gasteiger partial charge in [0.15, 0.2) is 0 Å². The molecule has 0 spiro atoms. The van der Waals surface area contributed by atoms with Gasteiger partial charge in [0.05, 0.1) is 17.8 Å². The average molecular weight is 402 g/mol. The van der Waals surface area contributed by atoms with E-state index in [4.69, 9.17) is 0 Å². The van der Waals surface area contributed by atoms with Crippen LogP contribution in [0, 0.1) is 5.92 Å². The van der Waals surface area contributed by atoms with Crippen LogP contribution in [0.25, 0.3) is 0 Å². The fourth-order valence-corrected chi connectivity index (χ4v) is 3.42. The number of carboxylic acid groups (broad SMARTS) is 1. The van der Waals surface area contributed by atoms with E-state index in [-0.39, 0.29) is 28.8 Å². The van der Waals surface area contributed by atoms with Gasteiger partial charge in [-0.3, -0.25) is 14.5 Å². The number of benzene rings is 1. The summed E-state index contributed by atoms with van der Waals surface area (Å²) in [7, 11) is 0. The van der Waals surface area contributed by atoms with Crippen molar-refractivity contribution < 1.29 is 19.5 Å². The number of carbonyl (C=O) groups is 3. The average Bonchev–Trinajstić information content (AvgIpc) is 3.46. The molecule has 0 bridgehead atoms. The lowest BCUT2D eigenvalue weighted by Crippen LogP contribution is -2.51. The Bertz CT molecular complexity index is 790. The quantitative estimate of drug-likeness (QED) is 0.670. The monoisotopic (exact) mass is 402 g/mol. The van der Waals surface area contributed by atoms with E-state index in [1.54, 1.807) is 12.1 Å². The highest BCUT2D eigenvalue weighted by Gasteiger charge is 2.30. The maximum Gasteiger partial charge on any atom is 0.337 e. The minimum absolute atomic E-state index is 0.00914. The molecule has 1 heterocycles. The summed E-state index contributed by atoms with van der Waals surface area (Å²) in [5.41, 5.74) is 1.01. The van der Waals surface area contributed by atoms with Crippen molar-refractivity contribution in [2.45, 2.75) is 39.2 Å². The van der Waals surface area contributed by atoms with E-state index in [9.17, 15) is 19.5 Å². The van der Waals surface area contributed by atoms with Gasteiger partial charge in [-0.15, -0.1) is 0 Å². The highest BCUT2D eigenvalue weighted by molar-refractivity contribution is 6.02. The van der Waals surface area contributed by atoms with Gasteiger partial charge in [0.2, 0.25) is 11.8 Å². The molecule has 1 aromatic rings. The Kier molecular flexibility index (Phi) is 6.12. The van der Waals surface area contributed by atoms with Gasteiger partial charge in [0, 0.05) is 43.3 Å². The first kappa shape index (κ1) is 21.1. The van der Waals surface area contributed by atoms with E-state index in [2.05, 4.69) is 20.4 Å². The normalized spacial score (nSPS) is 17.7. The summed E-state index contributed by atoms with van der Waals surface area (Å²) in [6.45, 7) is 9.09. The molecule has 2 aliphatic rings. The molecule has 1 aliphatic heterocycles. The van der Waals surface area contributed by atoms with Crippen LogP contribution in [0.5, 0.6) is 0 Å². The molecule has 1 saturated heterocycles. The summed E-state index contributed by atoms with van der Waals surface area (Å²) >= 11 is 0. The number of nitrogens with one attached hydrogen (secondary N) is 2. The van der Waals surface area contributed by atoms with Crippen LogP contribution in [0.3, 0.4) is 0 Å². The topological polar surface area (TPSA) is 102 Å². The first-order chi connectivity index (χ1) is 13.6.